The number of benzene rings is 2. The van der Waals surface area contributed by atoms with Crippen molar-refractivity contribution in [3.05, 3.63) is 81.9 Å². The van der Waals surface area contributed by atoms with Crippen LogP contribution in [0.3, 0.4) is 0 Å². The van der Waals surface area contributed by atoms with Gasteiger partial charge in [-0.2, -0.15) is 5.10 Å². The highest BCUT2D eigenvalue weighted by Crippen LogP contribution is 2.41. The largest absolute Gasteiger partial charge is 0.490 e. The lowest BCUT2D eigenvalue weighted by Gasteiger charge is -2.28. The molecule has 1 aliphatic heterocycles. The van der Waals surface area contributed by atoms with E-state index in [1.54, 1.807) is 45.7 Å². The standard InChI is InChI=1S/C33H37FN4O5/c1-19-22-13-10-16-42-29(22)24(34)17-23(19)28-27(30(32(40)41)43-33(3,4)5)20(2)35-26-18-25(36-38(26)28)31(39)37(6)15-14-21-11-8-7-9-12-21/h7-9,11-12,17-18,30H,10,13-16H2,1-6H3,(H,40,41). The monoisotopic (exact) mass is 588 g/mol. The van der Waals surface area contributed by atoms with Crippen molar-refractivity contribution in [2.75, 3.05) is 20.2 Å². The summed E-state index contributed by atoms with van der Waals surface area (Å²) >= 11 is 0. The molecule has 5 rings (SSSR count). The number of aromatic nitrogens is 3. The molecule has 0 aliphatic carbocycles. The maximum Gasteiger partial charge on any atom is 0.337 e. The number of rotatable bonds is 8. The number of aryl methyl sites for hydroxylation is 1. The number of amides is 1. The minimum Gasteiger partial charge on any atom is -0.490 e. The fraction of sp³-hybridized carbons (Fsp3) is 0.394. The molecule has 0 saturated carbocycles. The van der Waals surface area contributed by atoms with Gasteiger partial charge in [0.25, 0.3) is 5.91 Å². The Labute approximate surface area is 250 Å². The molecule has 0 saturated heterocycles. The van der Waals surface area contributed by atoms with E-state index in [2.05, 4.69) is 10.1 Å². The quantitative estimate of drug-likeness (QED) is 0.280. The van der Waals surface area contributed by atoms with Crippen LogP contribution in [-0.2, 0) is 22.4 Å². The van der Waals surface area contributed by atoms with E-state index in [1.807, 2.05) is 37.3 Å². The highest BCUT2D eigenvalue weighted by atomic mass is 19.1. The Kier molecular flexibility index (Phi) is 8.25. The SMILES string of the molecule is Cc1nc2cc(C(=O)N(C)CCc3ccccc3)nn2c(-c2cc(F)c3c(c2C)CCCO3)c1C(OC(C)(C)C)C(=O)O. The van der Waals surface area contributed by atoms with Crippen molar-refractivity contribution in [1.29, 1.82) is 0 Å². The number of hydrogen-bond donors (Lipinski definition) is 1. The van der Waals surface area contributed by atoms with Gasteiger partial charge in [-0.15, -0.1) is 0 Å². The molecule has 1 aliphatic rings. The van der Waals surface area contributed by atoms with Gasteiger partial charge in [0.05, 0.1) is 17.9 Å². The molecule has 1 N–H and O–H groups in total. The van der Waals surface area contributed by atoms with E-state index in [0.29, 0.717) is 48.6 Å². The highest BCUT2D eigenvalue weighted by molar-refractivity contribution is 5.93. The van der Waals surface area contributed by atoms with E-state index in [-0.39, 0.29) is 22.9 Å². The van der Waals surface area contributed by atoms with Crippen molar-refractivity contribution >= 4 is 17.5 Å². The number of likely N-dealkylation sites (N-methyl/N-ethyl adjacent to an activating group) is 1. The number of halogens is 1. The Balaban J connectivity index is 1.69. The number of hydrogen-bond acceptors (Lipinski definition) is 6. The van der Waals surface area contributed by atoms with Gasteiger partial charge >= 0.3 is 5.97 Å². The van der Waals surface area contributed by atoms with Gasteiger partial charge in [-0.05, 0) is 71.1 Å². The Bertz CT molecular complexity index is 1690. The first-order chi connectivity index (χ1) is 20.4. The van der Waals surface area contributed by atoms with Crippen molar-refractivity contribution < 1.29 is 28.6 Å². The lowest BCUT2D eigenvalue weighted by atomic mass is 9.91. The lowest BCUT2D eigenvalue weighted by Crippen LogP contribution is -2.29. The van der Waals surface area contributed by atoms with E-state index in [9.17, 15) is 14.7 Å². The zero-order valence-corrected chi connectivity index (χ0v) is 25.4. The van der Waals surface area contributed by atoms with E-state index >= 15 is 4.39 Å². The van der Waals surface area contributed by atoms with Gasteiger partial charge in [-0.1, -0.05) is 30.3 Å². The number of nitrogens with zero attached hydrogens (tertiary/aromatic N) is 4. The minimum absolute atomic E-state index is 0.142. The second kappa shape index (κ2) is 11.8. The van der Waals surface area contributed by atoms with Crippen molar-refractivity contribution in [3.63, 3.8) is 0 Å². The van der Waals surface area contributed by atoms with Crippen molar-refractivity contribution in [2.45, 2.75) is 65.6 Å². The van der Waals surface area contributed by atoms with Gasteiger partial charge in [-0.25, -0.2) is 18.7 Å². The second-order valence-electron chi connectivity index (χ2n) is 12.0. The van der Waals surface area contributed by atoms with E-state index in [0.717, 1.165) is 23.1 Å². The summed E-state index contributed by atoms with van der Waals surface area (Å²) in [6.45, 7) is 9.74. The summed E-state index contributed by atoms with van der Waals surface area (Å²) in [4.78, 5) is 32.5. The molecule has 0 fully saturated rings. The van der Waals surface area contributed by atoms with Crippen molar-refractivity contribution in [1.82, 2.24) is 19.5 Å². The molecular weight excluding hydrogens is 551 g/mol. The van der Waals surface area contributed by atoms with Crippen molar-refractivity contribution in [2.24, 2.45) is 0 Å². The molecule has 0 bridgehead atoms. The van der Waals surface area contributed by atoms with Crippen LogP contribution in [0.4, 0.5) is 4.39 Å². The van der Waals surface area contributed by atoms with Crippen LogP contribution >= 0.6 is 0 Å². The van der Waals surface area contributed by atoms with Gasteiger partial charge in [0.2, 0.25) is 0 Å². The molecule has 3 heterocycles. The first kappa shape index (κ1) is 30.2. The zero-order valence-electron chi connectivity index (χ0n) is 25.4. The summed E-state index contributed by atoms with van der Waals surface area (Å²) in [6, 6.07) is 12.8. The molecule has 4 aromatic rings. The zero-order chi connectivity index (χ0) is 31.1. The molecule has 43 heavy (non-hydrogen) atoms. The first-order valence-corrected chi connectivity index (χ1v) is 14.4. The van der Waals surface area contributed by atoms with E-state index in [4.69, 9.17) is 9.47 Å². The molecule has 0 spiro atoms. The topological polar surface area (TPSA) is 106 Å². The molecule has 0 radical (unpaired) electrons. The van der Waals surface area contributed by atoms with Crippen LogP contribution in [-0.4, -0.2) is 62.3 Å². The van der Waals surface area contributed by atoms with Gasteiger partial charge in [0, 0.05) is 42.0 Å². The van der Waals surface area contributed by atoms with Crippen LogP contribution in [0, 0.1) is 19.7 Å². The maximum atomic E-state index is 15.5. The van der Waals surface area contributed by atoms with Gasteiger partial charge in [0.15, 0.2) is 29.0 Å². The lowest BCUT2D eigenvalue weighted by molar-refractivity contribution is -0.160. The Morgan fingerprint density at radius 3 is 2.58 bits per heavy atom. The fourth-order valence-electron chi connectivity index (χ4n) is 5.54. The van der Waals surface area contributed by atoms with Gasteiger partial charge in [0.1, 0.15) is 0 Å². The maximum absolute atomic E-state index is 15.5. The van der Waals surface area contributed by atoms with Gasteiger partial charge < -0.3 is 19.5 Å². The first-order valence-electron chi connectivity index (χ1n) is 14.4. The Morgan fingerprint density at radius 2 is 1.91 bits per heavy atom. The van der Waals surface area contributed by atoms with E-state index < -0.39 is 23.5 Å². The number of ether oxygens (including phenoxy) is 2. The van der Waals surface area contributed by atoms with Crippen molar-refractivity contribution in [3.8, 4) is 17.0 Å². The fourth-order valence-corrected chi connectivity index (χ4v) is 5.54. The second-order valence-corrected chi connectivity index (χ2v) is 12.0. The highest BCUT2D eigenvalue weighted by Gasteiger charge is 2.35. The average Bonchev–Trinajstić information content (AvgIpc) is 3.39. The Morgan fingerprint density at radius 1 is 1.19 bits per heavy atom. The predicted molar refractivity (Wildman–Crippen MR) is 160 cm³/mol. The van der Waals surface area contributed by atoms with Crippen LogP contribution in [0.1, 0.15) is 71.7 Å². The molecule has 1 amide bonds. The van der Waals surface area contributed by atoms with E-state index in [1.165, 1.54) is 10.6 Å². The number of carbonyl (C=O) groups is 2. The summed E-state index contributed by atoms with van der Waals surface area (Å²) in [5, 5.41) is 15.0. The minimum atomic E-state index is -1.43. The van der Waals surface area contributed by atoms with Crippen LogP contribution in [0.15, 0.2) is 42.5 Å². The van der Waals surface area contributed by atoms with Gasteiger partial charge in [-0.3, -0.25) is 4.79 Å². The smallest absolute Gasteiger partial charge is 0.337 e. The molecule has 9 nitrogen and oxygen atoms in total. The summed E-state index contributed by atoms with van der Waals surface area (Å²) in [5.74, 6) is -1.86. The summed E-state index contributed by atoms with van der Waals surface area (Å²) in [6.07, 6.45) is 0.585. The molecular formula is C33H37FN4O5. The summed E-state index contributed by atoms with van der Waals surface area (Å²) < 4.78 is 28.7. The third kappa shape index (κ3) is 6.10. The molecule has 226 valence electrons. The van der Waals surface area contributed by atoms with Crippen LogP contribution in [0.25, 0.3) is 16.9 Å². The number of carbonyl (C=O) groups excluding carboxylic acids is 1. The average molecular weight is 589 g/mol. The molecule has 2 aromatic carbocycles. The number of aliphatic carboxylic acids is 1. The summed E-state index contributed by atoms with van der Waals surface area (Å²) in [5.41, 5.74) is 3.61. The molecule has 2 aromatic heterocycles. The van der Waals surface area contributed by atoms with Crippen LogP contribution in [0.5, 0.6) is 5.75 Å². The van der Waals surface area contributed by atoms with Crippen LogP contribution < -0.4 is 4.74 Å². The number of carboxylic acids is 1. The number of fused-ring (bicyclic) bond motifs is 2. The number of carboxylic acid groups (broad SMARTS) is 1. The summed E-state index contributed by atoms with van der Waals surface area (Å²) in [7, 11) is 1.71. The predicted octanol–water partition coefficient (Wildman–Crippen LogP) is 5.73. The van der Waals surface area contributed by atoms with Crippen LogP contribution in [0.2, 0.25) is 0 Å². The third-order valence-electron chi connectivity index (χ3n) is 7.62. The molecule has 1 atom stereocenters. The third-order valence-corrected chi connectivity index (χ3v) is 7.62. The Hall–Kier alpha value is -4.31. The molecule has 10 heteroatoms. The molecule has 1 unspecified atom stereocenters. The normalized spacial score (nSPS) is 13.8.